The van der Waals surface area contributed by atoms with Crippen LogP contribution in [0.25, 0.3) is 0 Å². The van der Waals surface area contributed by atoms with Gasteiger partial charge in [0.2, 0.25) is 0 Å². The monoisotopic (exact) mass is 210 g/mol. The van der Waals surface area contributed by atoms with Crippen LogP contribution in [0.3, 0.4) is 0 Å². The van der Waals surface area contributed by atoms with Crippen LogP contribution in [0.5, 0.6) is 0 Å². The summed E-state index contributed by atoms with van der Waals surface area (Å²) in [4.78, 5) is 11.7. The summed E-state index contributed by atoms with van der Waals surface area (Å²) in [6.45, 7) is 6.03. The minimum Gasteiger partial charge on any atom is -0.335 e. The Morgan fingerprint density at radius 1 is 1.13 bits per heavy atom. The molecule has 2 fully saturated rings. The van der Waals surface area contributed by atoms with Gasteiger partial charge in [0.25, 0.3) is 0 Å². The molecule has 2 aliphatic carbocycles. The second-order valence-corrected chi connectivity index (χ2v) is 6.05. The molecule has 0 aromatic rings. The van der Waals surface area contributed by atoms with E-state index in [1.54, 1.807) is 0 Å². The Kier molecular flexibility index (Phi) is 2.65. The van der Waals surface area contributed by atoms with Crippen molar-refractivity contribution in [3.63, 3.8) is 0 Å². The zero-order valence-electron chi connectivity index (χ0n) is 9.97. The Hall–Kier alpha value is -0.730. The lowest BCUT2D eigenvalue weighted by Crippen LogP contribution is -2.50. The van der Waals surface area contributed by atoms with Crippen molar-refractivity contribution in [2.75, 3.05) is 0 Å². The lowest BCUT2D eigenvalue weighted by molar-refractivity contribution is 0.224. The molecule has 0 aromatic carbocycles. The molecule has 2 saturated carbocycles. The van der Waals surface area contributed by atoms with Gasteiger partial charge in [-0.05, 0) is 58.3 Å². The number of carbonyl (C=O) groups excluding carboxylic acids is 1. The fourth-order valence-corrected chi connectivity index (χ4v) is 2.06. The number of urea groups is 1. The average molecular weight is 210 g/mol. The third-order valence-corrected chi connectivity index (χ3v) is 3.05. The van der Waals surface area contributed by atoms with Crippen molar-refractivity contribution in [3.05, 3.63) is 0 Å². The van der Waals surface area contributed by atoms with Crippen molar-refractivity contribution in [1.82, 2.24) is 10.6 Å². The molecule has 0 spiro atoms. The highest BCUT2D eigenvalue weighted by Crippen LogP contribution is 2.44. The van der Waals surface area contributed by atoms with Gasteiger partial charge in [0.1, 0.15) is 0 Å². The molecule has 86 valence electrons. The van der Waals surface area contributed by atoms with Crippen molar-refractivity contribution in [2.24, 2.45) is 11.8 Å². The summed E-state index contributed by atoms with van der Waals surface area (Å²) < 4.78 is 0. The topological polar surface area (TPSA) is 41.1 Å². The molecular formula is C12H22N2O. The smallest absolute Gasteiger partial charge is 0.315 e. The van der Waals surface area contributed by atoms with Gasteiger partial charge in [0.15, 0.2) is 0 Å². The van der Waals surface area contributed by atoms with Crippen LogP contribution in [0.15, 0.2) is 0 Å². The molecule has 15 heavy (non-hydrogen) atoms. The Morgan fingerprint density at radius 3 is 1.93 bits per heavy atom. The van der Waals surface area contributed by atoms with Gasteiger partial charge in [0, 0.05) is 11.6 Å². The van der Waals surface area contributed by atoms with E-state index in [4.69, 9.17) is 0 Å². The molecule has 0 bridgehead atoms. The van der Waals surface area contributed by atoms with Crippen molar-refractivity contribution in [3.8, 4) is 0 Å². The van der Waals surface area contributed by atoms with Crippen LogP contribution in [0.1, 0.15) is 46.5 Å². The maximum Gasteiger partial charge on any atom is 0.315 e. The molecule has 0 radical (unpaired) electrons. The zero-order chi connectivity index (χ0) is 11.1. The lowest BCUT2D eigenvalue weighted by Gasteiger charge is -2.24. The highest BCUT2D eigenvalue weighted by molar-refractivity contribution is 5.75. The van der Waals surface area contributed by atoms with Gasteiger partial charge in [-0.1, -0.05) is 0 Å². The van der Waals surface area contributed by atoms with Gasteiger partial charge in [0.05, 0.1) is 0 Å². The van der Waals surface area contributed by atoms with Crippen LogP contribution in [0.4, 0.5) is 4.79 Å². The largest absolute Gasteiger partial charge is 0.335 e. The summed E-state index contributed by atoms with van der Waals surface area (Å²) in [6, 6.07) is 0.457. The van der Waals surface area contributed by atoms with Crippen LogP contribution in [0.2, 0.25) is 0 Å². The van der Waals surface area contributed by atoms with E-state index >= 15 is 0 Å². The van der Waals surface area contributed by atoms with Crippen LogP contribution >= 0.6 is 0 Å². The van der Waals surface area contributed by atoms with Crippen molar-refractivity contribution >= 4 is 6.03 Å². The third kappa shape index (κ3) is 3.40. The number of nitrogens with one attached hydrogen (secondary N) is 2. The molecule has 2 amide bonds. The van der Waals surface area contributed by atoms with Crippen molar-refractivity contribution in [1.29, 1.82) is 0 Å². The summed E-state index contributed by atoms with van der Waals surface area (Å²) >= 11 is 0. The molecule has 0 aromatic heterocycles. The highest BCUT2D eigenvalue weighted by atomic mass is 16.2. The Balaban J connectivity index is 1.80. The maximum absolute atomic E-state index is 11.7. The first-order valence-corrected chi connectivity index (χ1v) is 6.04. The highest BCUT2D eigenvalue weighted by Gasteiger charge is 2.42. The normalized spacial score (nSPS) is 21.6. The fourth-order valence-electron chi connectivity index (χ4n) is 2.06. The number of amides is 2. The summed E-state index contributed by atoms with van der Waals surface area (Å²) in [5, 5.41) is 6.11. The van der Waals surface area contributed by atoms with Crippen LogP contribution in [-0.2, 0) is 0 Å². The second kappa shape index (κ2) is 3.69. The Morgan fingerprint density at radius 2 is 1.60 bits per heavy atom. The quantitative estimate of drug-likeness (QED) is 0.737. The Bertz CT molecular complexity index is 237. The molecule has 0 aliphatic heterocycles. The molecule has 0 saturated heterocycles. The Labute approximate surface area is 92.0 Å². The predicted octanol–water partition coefficient (Wildman–Crippen LogP) is 2.27. The maximum atomic E-state index is 11.7. The molecule has 0 unspecified atom stereocenters. The lowest BCUT2D eigenvalue weighted by atomic mass is 10.1. The third-order valence-electron chi connectivity index (χ3n) is 3.05. The zero-order valence-corrected chi connectivity index (χ0v) is 9.97. The van der Waals surface area contributed by atoms with Crippen molar-refractivity contribution < 1.29 is 4.79 Å². The van der Waals surface area contributed by atoms with E-state index in [9.17, 15) is 4.79 Å². The van der Waals surface area contributed by atoms with E-state index in [2.05, 4.69) is 10.6 Å². The van der Waals surface area contributed by atoms with Crippen molar-refractivity contribution in [2.45, 2.75) is 58.0 Å². The fraction of sp³-hybridized carbons (Fsp3) is 0.917. The summed E-state index contributed by atoms with van der Waals surface area (Å²) in [5.74, 6) is 1.53. The standard InChI is InChI=1S/C12H22N2O/c1-12(2,3)14-11(15)13-10(8-4-5-8)9-6-7-9/h8-10H,4-7H2,1-3H3,(H2,13,14,15). The van der Waals surface area contributed by atoms with E-state index in [0.29, 0.717) is 6.04 Å². The van der Waals surface area contributed by atoms with Gasteiger partial charge in [-0.3, -0.25) is 0 Å². The first kappa shape index (κ1) is 10.8. The number of hydrogen-bond acceptors (Lipinski definition) is 1. The van der Waals surface area contributed by atoms with E-state index in [1.807, 2.05) is 20.8 Å². The van der Waals surface area contributed by atoms with Gasteiger partial charge in [-0.25, -0.2) is 4.79 Å². The van der Waals surface area contributed by atoms with Crippen LogP contribution < -0.4 is 10.6 Å². The molecule has 2 N–H and O–H groups in total. The summed E-state index contributed by atoms with van der Waals surface area (Å²) in [6.07, 6.45) is 5.21. The molecule has 2 rings (SSSR count). The minimum atomic E-state index is -0.137. The average Bonchev–Trinajstić information content (AvgIpc) is 2.92. The number of hydrogen-bond donors (Lipinski definition) is 2. The van der Waals surface area contributed by atoms with Crippen LogP contribution in [0, 0.1) is 11.8 Å². The molecule has 2 aliphatic rings. The number of rotatable bonds is 3. The molecule has 3 heteroatoms. The molecular weight excluding hydrogens is 188 g/mol. The SMILES string of the molecule is CC(C)(C)NC(=O)NC(C1CC1)C1CC1. The summed E-state index contributed by atoms with van der Waals surface area (Å²) in [7, 11) is 0. The van der Waals surface area contributed by atoms with E-state index < -0.39 is 0 Å². The number of carbonyl (C=O) groups is 1. The molecule has 0 atom stereocenters. The van der Waals surface area contributed by atoms with Gasteiger partial charge in [-0.2, -0.15) is 0 Å². The first-order chi connectivity index (χ1) is 6.96. The van der Waals surface area contributed by atoms with E-state index in [-0.39, 0.29) is 11.6 Å². The van der Waals surface area contributed by atoms with Gasteiger partial charge in [-0.15, -0.1) is 0 Å². The predicted molar refractivity (Wildman–Crippen MR) is 60.7 cm³/mol. The van der Waals surface area contributed by atoms with E-state index in [1.165, 1.54) is 25.7 Å². The van der Waals surface area contributed by atoms with Crippen LogP contribution in [-0.4, -0.2) is 17.6 Å². The molecule has 3 nitrogen and oxygen atoms in total. The molecule has 0 heterocycles. The van der Waals surface area contributed by atoms with E-state index in [0.717, 1.165) is 11.8 Å². The summed E-state index contributed by atoms with van der Waals surface area (Å²) in [5.41, 5.74) is -0.137. The minimum absolute atomic E-state index is 0.00583. The first-order valence-electron chi connectivity index (χ1n) is 6.04. The van der Waals surface area contributed by atoms with Gasteiger partial charge < -0.3 is 10.6 Å². The van der Waals surface area contributed by atoms with Gasteiger partial charge >= 0.3 is 6.03 Å². The second-order valence-electron chi connectivity index (χ2n) is 6.05.